The van der Waals surface area contributed by atoms with Crippen molar-refractivity contribution in [2.24, 2.45) is 0 Å². The van der Waals surface area contributed by atoms with Gasteiger partial charge in [-0.25, -0.2) is 4.39 Å². The number of hydrogen-bond acceptors (Lipinski definition) is 2. The Bertz CT molecular complexity index is 553. The van der Waals surface area contributed by atoms with Crippen LogP contribution in [0.3, 0.4) is 0 Å². The van der Waals surface area contributed by atoms with E-state index in [1.807, 2.05) is 0 Å². The van der Waals surface area contributed by atoms with Crippen molar-refractivity contribution in [2.75, 3.05) is 11.4 Å². The van der Waals surface area contributed by atoms with E-state index < -0.39 is 11.4 Å². The molecule has 5 heteroatoms. The quantitative estimate of drug-likeness (QED) is 0.852. The molecule has 2 aliphatic rings. The number of para-hydroxylation sites is 1. The first-order chi connectivity index (χ1) is 9.62. The van der Waals surface area contributed by atoms with Gasteiger partial charge in [0, 0.05) is 13.0 Å². The predicted octanol–water partition coefficient (Wildman–Crippen LogP) is 1.99. The molecule has 106 valence electrons. The molecule has 4 nitrogen and oxygen atoms in total. The molecule has 1 N–H and O–H groups in total. The molecule has 1 saturated carbocycles. The third-order valence-electron chi connectivity index (χ3n) is 4.20. The highest BCUT2D eigenvalue weighted by Crippen LogP contribution is 2.35. The van der Waals surface area contributed by atoms with Crippen LogP contribution in [-0.2, 0) is 9.59 Å². The fourth-order valence-corrected chi connectivity index (χ4v) is 3.17. The number of nitrogens with zero attached hydrogens (tertiary/aromatic N) is 1. The molecule has 1 spiro atoms. The van der Waals surface area contributed by atoms with Crippen molar-refractivity contribution in [3.63, 3.8) is 0 Å². The Hall–Kier alpha value is -1.91. The zero-order valence-corrected chi connectivity index (χ0v) is 11.2. The van der Waals surface area contributed by atoms with Crippen molar-refractivity contribution in [3.05, 3.63) is 30.1 Å². The topological polar surface area (TPSA) is 49.4 Å². The molecule has 20 heavy (non-hydrogen) atoms. The maximum Gasteiger partial charge on any atom is 0.252 e. The minimum Gasteiger partial charge on any atom is -0.342 e. The highest BCUT2D eigenvalue weighted by atomic mass is 19.1. The Kier molecular flexibility index (Phi) is 3.20. The lowest BCUT2D eigenvalue weighted by atomic mass is 9.95. The molecule has 2 amide bonds. The summed E-state index contributed by atoms with van der Waals surface area (Å²) in [7, 11) is 0. The van der Waals surface area contributed by atoms with Crippen molar-refractivity contribution in [1.82, 2.24) is 5.32 Å². The minimum absolute atomic E-state index is 0.126. The Balaban J connectivity index is 2.00. The summed E-state index contributed by atoms with van der Waals surface area (Å²) in [6, 6.07) is 6.22. The molecule has 2 fully saturated rings. The molecule has 1 saturated heterocycles. The molecular weight excluding hydrogens is 259 g/mol. The first-order valence-corrected chi connectivity index (χ1v) is 7.00. The monoisotopic (exact) mass is 276 g/mol. The standard InChI is InChI=1S/C15H17FN2O2/c16-11-5-1-2-6-12(11)18-10-7-13(19)17-15(14(18)20)8-3-4-9-15/h1-2,5-6H,3-4,7-10H2,(H,17,19). The minimum atomic E-state index is -0.824. The third kappa shape index (κ3) is 2.07. The number of carbonyl (C=O) groups excluding carboxylic acids is 2. The molecule has 0 bridgehead atoms. The van der Waals surface area contributed by atoms with Gasteiger partial charge < -0.3 is 10.2 Å². The molecule has 0 aromatic heterocycles. The van der Waals surface area contributed by atoms with E-state index in [0.717, 1.165) is 12.8 Å². The predicted molar refractivity (Wildman–Crippen MR) is 72.7 cm³/mol. The molecule has 1 aromatic carbocycles. The number of benzene rings is 1. The molecule has 1 aliphatic carbocycles. The SMILES string of the molecule is O=C1CCN(c2ccccc2F)C(=O)C2(CCCC2)N1. The number of nitrogens with one attached hydrogen (secondary N) is 1. The van der Waals surface area contributed by atoms with E-state index in [1.54, 1.807) is 18.2 Å². The second-order valence-electron chi connectivity index (χ2n) is 5.50. The van der Waals surface area contributed by atoms with Crippen molar-refractivity contribution in [2.45, 2.75) is 37.6 Å². The molecule has 3 rings (SSSR count). The number of halogens is 1. The Morgan fingerprint density at radius 1 is 1.15 bits per heavy atom. The van der Waals surface area contributed by atoms with Crippen LogP contribution in [0.15, 0.2) is 24.3 Å². The average Bonchev–Trinajstić information content (AvgIpc) is 2.85. The van der Waals surface area contributed by atoms with E-state index >= 15 is 0 Å². The molecule has 0 atom stereocenters. The lowest BCUT2D eigenvalue weighted by molar-refractivity contribution is -0.129. The Labute approximate surface area is 117 Å². The molecule has 0 radical (unpaired) electrons. The fraction of sp³-hybridized carbons (Fsp3) is 0.467. The van der Waals surface area contributed by atoms with Crippen LogP contribution in [0.1, 0.15) is 32.1 Å². The normalized spacial score (nSPS) is 21.9. The molecule has 1 heterocycles. The maximum absolute atomic E-state index is 14.0. The highest BCUT2D eigenvalue weighted by molar-refractivity contribution is 6.04. The van der Waals surface area contributed by atoms with Crippen molar-refractivity contribution in [3.8, 4) is 0 Å². The molecule has 1 aliphatic heterocycles. The van der Waals surface area contributed by atoms with Crippen molar-refractivity contribution in [1.29, 1.82) is 0 Å². The van der Waals surface area contributed by atoms with Crippen molar-refractivity contribution >= 4 is 17.5 Å². The third-order valence-corrected chi connectivity index (χ3v) is 4.20. The maximum atomic E-state index is 14.0. The summed E-state index contributed by atoms with van der Waals surface area (Å²) in [5, 5.41) is 2.87. The van der Waals surface area contributed by atoms with Gasteiger partial charge in [-0.05, 0) is 25.0 Å². The van der Waals surface area contributed by atoms with Crippen LogP contribution in [0.2, 0.25) is 0 Å². The number of anilines is 1. The summed E-state index contributed by atoms with van der Waals surface area (Å²) >= 11 is 0. The summed E-state index contributed by atoms with van der Waals surface area (Å²) < 4.78 is 14.0. The Morgan fingerprint density at radius 3 is 2.55 bits per heavy atom. The van der Waals surface area contributed by atoms with Gasteiger partial charge in [-0.3, -0.25) is 9.59 Å². The zero-order valence-electron chi connectivity index (χ0n) is 11.2. The first-order valence-electron chi connectivity index (χ1n) is 7.00. The van der Waals surface area contributed by atoms with E-state index in [0.29, 0.717) is 12.8 Å². The van der Waals surface area contributed by atoms with Gasteiger partial charge >= 0.3 is 0 Å². The van der Waals surface area contributed by atoms with Gasteiger partial charge in [0.1, 0.15) is 11.4 Å². The average molecular weight is 276 g/mol. The Morgan fingerprint density at radius 2 is 1.85 bits per heavy atom. The summed E-state index contributed by atoms with van der Waals surface area (Å²) in [5.74, 6) is -0.728. The molecule has 1 aromatic rings. The van der Waals surface area contributed by atoms with Crippen LogP contribution >= 0.6 is 0 Å². The smallest absolute Gasteiger partial charge is 0.252 e. The number of hydrogen-bond donors (Lipinski definition) is 1. The van der Waals surface area contributed by atoms with Gasteiger partial charge in [0.15, 0.2) is 0 Å². The van der Waals surface area contributed by atoms with Gasteiger partial charge in [-0.15, -0.1) is 0 Å². The zero-order chi connectivity index (χ0) is 14.2. The van der Waals surface area contributed by atoms with Crippen LogP contribution in [0.4, 0.5) is 10.1 Å². The second-order valence-corrected chi connectivity index (χ2v) is 5.50. The van der Waals surface area contributed by atoms with Crippen molar-refractivity contribution < 1.29 is 14.0 Å². The summed E-state index contributed by atoms with van der Waals surface area (Å²) in [6.07, 6.45) is 3.32. The van der Waals surface area contributed by atoms with Crippen LogP contribution in [0, 0.1) is 5.82 Å². The largest absolute Gasteiger partial charge is 0.342 e. The van der Waals surface area contributed by atoms with Crippen LogP contribution in [0.5, 0.6) is 0 Å². The summed E-state index contributed by atoms with van der Waals surface area (Å²) in [6.45, 7) is 0.230. The highest BCUT2D eigenvalue weighted by Gasteiger charge is 2.47. The second kappa shape index (κ2) is 4.89. The van der Waals surface area contributed by atoms with Gasteiger partial charge in [-0.1, -0.05) is 25.0 Å². The van der Waals surface area contributed by atoms with Gasteiger partial charge in [-0.2, -0.15) is 0 Å². The van der Waals surface area contributed by atoms with E-state index in [-0.39, 0.29) is 30.5 Å². The summed E-state index contributed by atoms with van der Waals surface area (Å²) in [4.78, 5) is 26.1. The van der Waals surface area contributed by atoms with E-state index in [1.165, 1.54) is 11.0 Å². The van der Waals surface area contributed by atoms with Crippen LogP contribution in [0.25, 0.3) is 0 Å². The van der Waals surface area contributed by atoms with E-state index in [2.05, 4.69) is 5.32 Å². The summed E-state index contributed by atoms with van der Waals surface area (Å²) in [5.41, 5.74) is -0.559. The first kappa shape index (κ1) is 13.1. The van der Waals surface area contributed by atoms with Crippen LogP contribution in [-0.4, -0.2) is 23.9 Å². The lowest BCUT2D eigenvalue weighted by Crippen LogP contribution is -2.55. The number of rotatable bonds is 1. The molecular formula is C15H17FN2O2. The number of carbonyl (C=O) groups is 2. The fourth-order valence-electron chi connectivity index (χ4n) is 3.17. The lowest BCUT2D eigenvalue weighted by Gasteiger charge is -2.31. The van der Waals surface area contributed by atoms with Crippen LogP contribution < -0.4 is 10.2 Å². The van der Waals surface area contributed by atoms with Gasteiger partial charge in [0.05, 0.1) is 5.69 Å². The van der Waals surface area contributed by atoms with Gasteiger partial charge in [0.2, 0.25) is 5.91 Å². The molecule has 0 unspecified atom stereocenters. The van der Waals surface area contributed by atoms with Gasteiger partial charge in [0.25, 0.3) is 5.91 Å². The number of amides is 2. The van der Waals surface area contributed by atoms with E-state index in [9.17, 15) is 14.0 Å². The van der Waals surface area contributed by atoms with E-state index in [4.69, 9.17) is 0 Å².